The van der Waals surface area contributed by atoms with Gasteiger partial charge in [0.15, 0.2) is 0 Å². The SMILES string of the molecule is CC(C)(C)OC(=O)N1CCC[C@@H](C(=O)NCCc2ccccn2)C1. The molecule has 2 rings (SSSR count). The van der Waals surface area contributed by atoms with E-state index in [2.05, 4.69) is 10.3 Å². The van der Waals surface area contributed by atoms with Crippen molar-refractivity contribution in [2.45, 2.75) is 45.6 Å². The van der Waals surface area contributed by atoms with E-state index in [9.17, 15) is 9.59 Å². The van der Waals surface area contributed by atoms with Crippen molar-refractivity contribution in [3.8, 4) is 0 Å². The molecular weight excluding hydrogens is 306 g/mol. The summed E-state index contributed by atoms with van der Waals surface area (Å²) in [6.45, 7) is 7.15. The van der Waals surface area contributed by atoms with Crippen LogP contribution in [0.15, 0.2) is 24.4 Å². The van der Waals surface area contributed by atoms with Crippen molar-refractivity contribution >= 4 is 12.0 Å². The van der Waals surface area contributed by atoms with Crippen molar-refractivity contribution in [3.05, 3.63) is 30.1 Å². The first-order chi connectivity index (χ1) is 11.3. The fraction of sp³-hybridized carbons (Fsp3) is 0.611. The third kappa shape index (κ3) is 5.83. The molecule has 2 heterocycles. The first kappa shape index (κ1) is 18.2. The van der Waals surface area contributed by atoms with Crippen molar-refractivity contribution in [2.75, 3.05) is 19.6 Å². The summed E-state index contributed by atoms with van der Waals surface area (Å²) in [7, 11) is 0. The number of carbonyl (C=O) groups excluding carboxylic acids is 2. The monoisotopic (exact) mass is 333 g/mol. The minimum absolute atomic E-state index is 0.000750. The Morgan fingerprint density at radius 3 is 2.83 bits per heavy atom. The van der Waals surface area contributed by atoms with Crippen LogP contribution in [-0.4, -0.2) is 47.1 Å². The molecule has 24 heavy (non-hydrogen) atoms. The van der Waals surface area contributed by atoms with Crippen molar-refractivity contribution in [1.82, 2.24) is 15.2 Å². The fourth-order valence-electron chi connectivity index (χ4n) is 2.69. The summed E-state index contributed by atoms with van der Waals surface area (Å²) >= 11 is 0. The number of likely N-dealkylation sites (tertiary alicyclic amines) is 1. The Morgan fingerprint density at radius 2 is 2.17 bits per heavy atom. The van der Waals surface area contributed by atoms with Crippen LogP contribution in [0, 0.1) is 5.92 Å². The minimum atomic E-state index is -0.519. The zero-order valence-electron chi connectivity index (χ0n) is 14.7. The molecule has 6 heteroatoms. The summed E-state index contributed by atoms with van der Waals surface area (Å²) in [5.41, 5.74) is 0.437. The highest BCUT2D eigenvalue weighted by Crippen LogP contribution is 2.19. The van der Waals surface area contributed by atoms with E-state index in [-0.39, 0.29) is 17.9 Å². The second kappa shape index (κ2) is 8.13. The molecule has 1 aromatic heterocycles. The normalized spacial score (nSPS) is 18.1. The van der Waals surface area contributed by atoms with Crippen LogP contribution in [0.2, 0.25) is 0 Å². The zero-order valence-corrected chi connectivity index (χ0v) is 14.7. The van der Waals surface area contributed by atoms with Gasteiger partial charge in [-0.1, -0.05) is 6.07 Å². The van der Waals surface area contributed by atoms with Gasteiger partial charge < -0.3 is 15.0 Å². The summed E-state index contributed by atoms with van der Waals surface area (Å²) in [5, 5.41) is 2.95. The molecule has 1 aliphatic heterocycles. The van der Waals surface area contributed by atoms with Crippen LogP contribution in [-0.2, 0) is 16.0 Å². The van der Waals surface area contributed by atoms with Crippen LogP contribution < -0.4 is 5.32 Å². The third-order valence-corrected chi connectivity index (χ3v) is 3.85. The number of ether oxygens (including phenoxy) is 1. The van der Waals surface area contributed by atoms with Gasteiger partial charge in [-0.15, -0.1) is 0 Å². The maximum Gasteiger partial charge on any atom is 0.410 e. The van der Waals surface area contributed by atoms with Gasteiger partial charge in [-0.05, 0) is 45.7 Å². The standard InChI is InChI=1S/C18H27N3O3/c1-18(2,3)24-17(23)21-12-6-7-14(13-21)16(22)20-11-9-15-8-4-5-10-19-15/h4-5,8,10,14H,6-7,9,11-13H2,1-3H3,(H,20,22)/t14-/m1/s1. The molecule has 1 N–H and O–H groups in total. The first-order valence-electron chi connectivity index (χ1n) is 8.51. The average Bonchev–Trinajstić information content (AvgIpc) is 2.54. The second-order valence-corrected chi connectivity index (χ2v) is 7.13. The smallest absolute Gasteiger partial charge is 0.410 e. The molecular formula is C18H27N3O3. The number of pyridine rings is 1. The Kier molecular flexibility index (Phi) is 6.17. The molecule has 2 amide bonds. The number of amides is 2. The predicted octanol–water partition coefficient (Wildman–Crippen LogP) is 2.39. The van der Waals surface area contributed by atoms with Crippen molar-refractivity contribution < 1.29 is 14.3 Å². The number of nitrogens with one attached hydrogen (secondary N) is 1. The van der Waals surface area contributed by atoms with Crippen LogP contribution in [0.1, 0.15) is 39.3 Å². The topological polar surface area (TPSA) is 71.5 Å². The van der Waals surface area contributed by atoms with E-state index in [4.69, 9.17) is 4.74 Å². The fourth-order valence-corrected chi connectivity index (χ4v) is 2.69. The number of nitrogens with zero attached hydrogens (tertiary/aromatic N) is 2. The number of hydrogen-bond donors (Lipinski definition) is 1. The summed E-state index contributed by atoms with van der Waals surface area (Å²) in [6, 6.07) is 5.75. The lowest BCUT2D eigenvalue weighted by atomic mass is 9.97. The predicted molar refractivity (Wildman–Crippen MR) is 91.5 cm³/mol. The molecule has 0 saturated carbocycles. The summed E-state index contributed by atoms with van der Waals surface area (Å²) in [5.74, 6) is -0.172. The molecule has 1 atom stereocenters. The number of rotatable bonds is 4. The van der Waals surface area contributed by atoms with Crippen molar-refractivity contribution in [2.24, 2.45) is 5.92 Å². The number of aromatic nitrogens is 1. The molecule has 1 aromatic rings. The number of piperidine rings is 1. The number of carbonyl (C=O) groups is 2. The molecule has 132 valence electrons. The third-order valence-electron chi connectivity index (χ3n) is 3.85. The molecule has 1 fully saturated rings. The Bertz CT molecular complexity index is 554. The van der Waals surface area contributed by atoms with E-state index in [0.29, 0.717) is 26.1 Å². The summed E-state index contributed by atoms with van der Waals surface area (Å²) in [4.78, 5) is 30.3. The minimum Gasteiger partial charge on any atom is -0.444 e. The van der Waals surface area contributed by atoms with Gasteiger partial charge in [-0.3, -0.25) is 9.78 Å². The largest absolute Gasteiger partial charge is 0.444 e. The van der Waals surface area contributed by atoms with Crippen LogP contribution in [0.4, 0.5) is 4.79 Å². The van der Waals surface area contributed by atoms with Gasteiger partial charge in [0.2, 0.25) is 5.91 Å². The number of hydrogen-bond acceptors (Lipinski definition) is 4. The summed E-state index contributed by atoms with van der Waals surface area (Å²) < 4.78 is 5.39. The Labute approximate surface area is 143 Å². The quantitative estimate of drug-likeness (QED) is 0.918. The van der Waals surface area contributed by atoms with Gasteiger partial charge in [-0.25, -0.2) is 4.79 Å². The first-order valence-corrected chi connectivity index (χ1v) is 8.51. The van der Waals surface area contributed by atoms with Gasteiger partial charge in [0.25, 0.3) is 0 Å². The highest BCUT2D eigenvalue weighted by Gasteiger charge is 2.30. The van der Waals surface area contributed by atoms with E-state index in [1.54, 1.807) is 11.1 Å². The van der Waals surface area contributed by atoms with Crippen molar-refractivity contribution in [3.63, 3.8) is 0 Å². The van der Waals surface area contributed by atoms with Gasteiger partial charge >= 0.3 is 6.09 Å². The Hall–Kier alpha value is -2.11. The second-order valence-electron chi connectivity index (χ2n) is 7.13. The molecule has 1 saturated heterocycles. The lowest BCUT2D eigenvalue weighted by Crippen LogP contribution is -2.47. The van der Waals surface area contributed by atoms with Gasteiger partial charge in [0, 0.05) is 37.9 Å². The highest BCUT2D eigenvalue weighted by atomic mass is 16.6. The van der Waals surface area contributed by atoms with E-state index >= 15 is 0 Å². The zero-order chi connectivity index (χ0) is 17.6. The average molecular weight is 333 g/mol. The lowest BCUT2D eigenvalue weighted by molar-refractivity contribution is -0.126. The molecule has 0 radical (unpaired) electrons. The van der Waals surface area contributed by atoms with E-state index in [1.165, 1.54) is 0 Å². The molecule has 6 nitrogen and oxygen atoms in total. The van der Waals surface area contributed by atoms with Gasteiger partial charge in [0.1, 0.15) is 5.60 Å². The molecule has 0 bridgehead atoms. The van der Waals surface area contributed by atoms with E-state index in [0.717, 1.165) is 18.5 Å². The van der Waals surface area contributed by atoms with Crippen LogP contribution in [0.5, 0.6) is 0 Å². The van der Waals surface area contributed by atoms with E-state index < -0.39 is 5.60 Å². The molecule has 0 aliphatic carbocycles. The Morgan fingerprint density at radius 1 is 1.38 bits per heavy atom. The van der Waals surface area contributed by atoms with Gasteiger partial charge in [-0.2, -0.15) is 0 Å². The van der Waals surface area contributed by atoms with Crippen LogP contribution >= 0.6 is 0 Å². The molecule has 0 aromatic carbocycles. The lowest BCUT2D eigenvalue weighted by Gasteiger charge is -2.33. The van der Waals surface area contributed by atoms with Gasteiger partial charge in [0.05, 0.1) is 5.92 Å². The van der Waals surface area contributed by atoms with Crippen LogP contribution in [0.3, 0.4) is 0 Å². The van der Waals surface area contributed by atoms with Crippen molar-refractivity contribution in [1.29, 1.82) is 0 Å². The molecule has 0 unspecified atom stereocenters. The summed E-state index contributed by atoms with van der Waals surface area (Å²) in [6.07, 6.45) is 3.73. The highest BCUT2D eigenvalue weighted by molar-refractivity contribution is 5.80. The van der Waals surface area contributed by atoms with Crippen LogP contribution in [0.25, 0.3) is 0 Å². The molecule has 1 aliphatic rings. The van der Waals surface area contributed by atoms with E-state index in [1.807, 2.05) is 39.0 Å². The molecule has 0 spiro atoms. The Balaban J connectivity index is 1.78. The maximum absolute atomic E-state index is 12.3. The maximum atomic E-state index is 12.3.